The molecule has 1 aromatic carbocycles. The van der Waals surface area contributed by atoms with Gasteiger partial charge in [0.2, 0.25) is 5.91 Å². The molecule has 4 atom stereocenters. The molecule has 4 unspecified atom stereocenters. The summed E-state index contributed by atoms with van der Waals surface area (Å²) in [6, 6.07) is 8.38. The lowest BCUT2D eigenvalue weighted by atomic mass is 9.94. The number of nitrogens with one attached hydrogen (secondary N) is 3. The Bertz CT molecular complexity index is 764. The Morgan fingerprint density at radius 3 is 2.76 bits per heavy atom. The molecule has 0 spiro atoms. The first-order valence-electron chi connectivity index (χ1n) is 10.0. The van der Waals surface area contributed by atoms with Crippen molar-refractivity contribution in [2.24, 2.45) is 5.92 Å². The van der Waals surface area contributed by atoms with E-state index in [2.05, 4.69) is 26.0 Å². The SMILES string of the molecule is CC(C(=O)Nc1ccc(NC2CCCC2C2COCCN2)cc1)n1cncn1.Cl. The zero-order valence-corrected chi connectivity index (χ0v) is 17.4. The normalized spacial score (nSPS) is 25.1. The number of carbonyl (C=O) groups excluding carboxylic acids is 1. The lowest BCUT2D eigenvalue weighted by Crippen LogP contribution is -2.49. The van der Waals surface area contributed by atoms with Crippen molar-refractivity contribution in [1.29, 1.82) is 0 Å². The van der Waals surface area contributed by atoms with Crippen LogP contribution in [-0.4, -0.2) is 52.5 Å². The van der Waals surface area contributed by atoms with Gasteiger partial charge in [0.1, 0.15) is 18.7 Å². The van der Waals surface area contributed by atoms with Gasteiger partial charge in [-0.15, -0.1) is 12.4 Å². The van der Waals surface area contributed by atoms with Crippen LogP contribution in [0.1, 0.15) is 32.2 Å². The van der Waals surface area contributed by atoms with Gasteiger partial charge in [-0.1, -0.05) is 6.42 Å². The molecule has 4 rings (SSSR count). The van der Waals surface area contributed by atoms with E-state index >= 15 is 0 Å². The average molecular weight is 421 g/mol. The van der Waals surface area contributed by atoms with Crippen molar-refractivity contribution in [2.45, 2.75) is 44.3 Å². The van der Waals surface area contributed by atoms with Crippen LogP contribution in [0, 0.1) is 5.92 Å². The van der Waals surface area contributed by atoms with Gasteiger partial charge in [-0.25, -0.2) is 9.67 Å². The summed E-state index contributed by atoms with van der Waals surface area (Å²) < 4.78 is 7.19. The highest BCUT2D eigenvalue weighted by Crippen LogP contribution is 2.32. The Morgan fingerprint density at radius 1 is 1.28 bits per heavy atom. The number of carbonyl (C=O) groups is 1. The minimum atomic E-state index is -0.412. The van der Waals surface area contributed by atoms with E-state index < -0.39 is 6.04 Å². The van der Waals surface area contributed by atoms with Crippen molar-refractivity contribution in [3.63, 3.8) is 0 Å². The number of morpholine rings is 1. The van der Waals surface area contributed by atoms with Crippen LogP contribution in [0.3, 0.4) is 0 Å². The first-order valence-corrected chi connectivity index (χ1v) is 10.0. The molecule has 2 heterocycles. The summed E-state index contributed by atoms with van der Waals surface area (Å²) in [5, 5.41) is 14.2. The number of hydrogen-bond donors (Lipinski definition) is 3. The van der Waals surface area contributed by atoms with E-state index in [4.69, 9.17) is 4.74 Å². The van der Waals surface area contributed by atoms with Crippen LogP contribution in [0.25, 0.3) is 0 Å². The summed E-state index contributed by atoms with van der Waals surface area (Å²) in [5.41, 5.74) is 1.85. The van der Waals surface area contributed by atoms with Crippen LogP contribution in [0.4, 0.5) is 11.4 Å². The highest BCUT2D eigenvalue weighted by Gasteiger charge is 2.34. The predicted octanol–water partition coefficient (Wildman–Crippen LogP) is 2.47. The van der Waals surface area contributed by atoms with Crippen LogP contribution in [0.2, 0.25) is 0 Å². The van der Waals surface area contributed by atoms with Gasteiger partial charge in [-0.2, -0.15) is 5.10 Å². The van der Waals surface area contributed by atoms with Crippen LogP contribution < -0.4 is 16.0 Å². The smallest absolute Gasteiger partial charge is 0.249 e. The minimum Gasteiger partial charge on any atom is -0.382 e. The molecule has 1 aliphatic carbocycles. The summed E-state index contributed by atoms with van der Waals surface area (Å²) in [6.45, 7) is 4.35. The molecular weight excluding hydrogens is 392 g/mol. The number of ether oxygens (including phenoxy) is 1. The Labute approximate surface area is 177 Å². The molecule has 0 radical (unpaired) electrons. The van der Waals surface area contributed by atoms with Gasteiger partial charge in [-0.05, 0) is 49.9 Å². The zero-order chi connectivity index (χ0) is 19.3. The van der Waals surface area contributed by atoms with Crippen LogP contribution >= 0.6 is 12.4 Å². The molecule has 8 nitrogen and oxygen atoms in total. The van der Waals surface area contributed by atoms with E-state index in [0.29, 0.717) is 18.0 Å². The van der Waals surface area contributed by atoms with E-state index in [0.717, 1.165) is 31.1 Å². The highest BCUT2D eigenvalue weighted by atomic mass is 35.5. The summed E-state index contributed by atoms with van der Waals surface area (Å²) in [6.07, 6.45) is 6.62. The van der Waals surface area contributed by atoms with Crippen LogP contribution in [-0.2, 0) is 9.53 Å². The molecule has 1 aromatic heterocycles. The van der Waals surface area contributed by atoms with Crippen molar-refractivity contribution in [2.75, 3.05) is 30.4 Å². The second-order valence-corrected chi connectivity index (χ2v) is 7.60. The van der Waals surface area contributed by atoms with Crippen molar-refractivity contribution in [3.05, 3.63) is 36.9 Å². The van der Waals surface area contributed by atoms with Crippen molar-refractivity contribution >= 4 is 29.7 Å². The van der Waals surface area contributed by atoms with Gasteiger partial charge in [0.05, 0.1) is 13.2 Å². The molecule has 9 heteroatoms. The Balaban J connectivity index is 0.00000240. The van der Waals surface area contributed by atoms with Crippen LogP contribution in [0.15, 0.2) is 36.9 Å². The number of aromatic nitrogens is 3. The third-order valence-electron chi connectivity index (χ3n) is 5.75. The second-order valence-electron chi connectivity index (χ2n) is 7.60. The molecule has 1 aliphatic heterocycles. The first-order chi connectivity index (χ1) is 13.7. The average Bonchev–Trinajstić information content (AvgIpc) is 3.42. The first kappa shape index (κ1) is 21.5. The fraction of sp³-hybridized carbons (Fsp3) is 0.550. The maximum atomic E-state index is 12.4. The maximum absolute atomic E-state index is 12.4. The Kier molecular flexibility index (Phi) is 7.46. The predicted molar refractivity (Wildman–Crippen MR) is 114 cm³/mol. The molecular formula is C20H29ClN6O2. The lowest BCUT2D eigenvalue weighted by molar-refractivity contribution is -0.119. The quantitative estimate of drug-likeness (QED) is 0.664. The lowest BCUT2D eigenvalue weighted by Gasteiger charge is -2.33. The number of benzene rings is 1. The molecule has 3 N–H and O–H groups in total. The molecule has 2 aliphatic rings. The molecule has 1 saturated heterocycles. The highest BCUT2D eigenvalue weighted by molar-refractivity contribution is 5.93. The number of hydrogen-bond acceptors (Lipinski definition) is 6. The van der Waals surface area contributed by atoms with E-state index in [9.17, 15) is 4.79 Å². The number of rotatable bonds is 6. The second kappa shape index (κ2) is 10.0. The van der Waals surface area contributed by atoms with E-state index in [1.54, 1.807) is 13.3 Å². The Hall–Kier alpha value is -2.16. The summed E-state index contributed by atoms with van der Waals surface area (Å²) >= 11 is 0. The number of nitrogens with zero attached hydrogens (tertiary/aromatic N) is 3. The van der Waals surface area contributed by atoms with Gasteiger partial charge in [0, 0.05) is 30.0 Å². The van der Waals surface area contributed by atoms with E-state index in [-0.39, 0.29) is 18.3 Å². The van der Waals surface area contributed by atoms with Crippen molar-refractivity contribution in [1.82, 2.24) is 20.1 Å². The van der Waals surface area contributed by atoms with Gasteiger partial charge in [-0.3, -0.25) is 4.79 Å². The summed E-state index contributed by atoms with van der Waals surface area (Å²) in [7, 11) is 0. The summed E-state index contributed by atoms with van der Waals surface area (Å²) in [5.74, 6) is 0.466. The van der Waals surface area contributed by atoms with Crippen molar-refractivity contribution < 1.29 is 9.53 Å². The largest absolute Gasteiger partial charge is 0.382 e. The van der Waals surface area contributed by atoms with Crippen LogP contribution in [0.5, 0.6) is 0 Å². The molecule has 158 valence electrons. The third-order valence-corrected chi connectivity index (χ3v) is 5.75. The number of halogens is 1. The van der Waals surface area contributed by atoms with E-state index in [1.165, 1.54) is 30.3 Å². The fourth-order valence-corrected chi connectivity index (χ4v) is 4.16. The number of amides is 1. The Morgan fingerprint density at radius 2 is 2.07 bits per heavy atom. The topological polar surface area (TPSA) is 93.1 Å². The monoisotopic (exact) mass is 420 g/mol. The van der Waals surface area contributed by atoms with Gasteiger partial charge in [0.15, 0.2) is 0 Å². The molecule has 1 saturated carbocycles. The molecule has 29 heavy (non-hydrogen) atoms. The van der Waals surface area contributed by atoms with E-state index in [1.807, 2.05) is 24.3 Å². The molecule has 2 fully saturated rings. The maximum Gasteiger partial charge on any atom is 0.249 e. The van der Waals surface area contributed by atoms with Gasteiger partial charge < -0.3 is 20.7 Å². The molecule has 2 aromatic rings. The summed E-state index contributed by atoms with van der Waals surface area (Å²) in [4.78, 5) is 16.2. The van der Waals surface area contributed by atoms with Crippen molar-refractivity contribution in [3.8, 4) is 0 Å². The minimum absolute atomic E-state index is 0. The zero-order valence-electron chi connectivity index (χ0n) is 16.6. The standard InChI is InChI=1S/C20H28N6O2.ClH/c1-14(26-13-21-12-23-26)20(27)25-16-7-5-15(6-8-16)24-18-4-2-3-17(18)19-11-28-10-9-22-19;/h5-8,12-14,17-19,22,24H,2-4,9-11H2,1H3,(H,25,27);1H. The molecule has 1 amide bonds. The van der Waals surface area contributed by atoms with Gasteiger partial charge >= 0.3 is 0 Å². The third kappa shape index (κ3) is 5.26. The fourth-order valence-electron chi connectivity index (χ4n) is 4.16. The van der Waals surface area contributed by atoms with Gasteiger partial charge in [0.25, 0.3) is 0 Å². The molecule has 0 bridgehead atoms. The number of anilines is 2.